The molecule has 0 aliphatic heterocycles. The Bertz CT molecular complexity index is 513. The quantitative estimate of drug-likeness (QED) is 0.831. The number of aliphatic hydroxyl groups excluding tert-OH is 2. The fourth-order valence-corrected chi connectivity index (χ4v) is 1.90. The van der Waals surface area contributed by atoms with Crippen molar-refractivity contribution < 1.29 is 14.9 Å². The van der Waals surface area contributed by atoms with Crippen LogP contribution in [0.4, 0.5) is 0 Å². The molecule has 2 aromatic rings. The van der Waals surface area contributed by atoms with Gasteiger partial charge in [-0.2, -0.15) is 0 Å². The first-order chi connectivity index (χ1) is 8.26. The zero-order chi connectivity index (χ0) is 12.3. The number of rotatable bonds is 4. The summed E-state index contributed by atoms with van der Waals surface area (Å²) in [7, 11) is 1.59. The summed E-state index contributed by atoms with van der Waals surface area (Å²) in [5, 5.41) is 19.4. The van der Waals surface area contributed by atoms with Crippen LogP contribution in [0.3, 0.4) is 0 Å². The number of hydrogen-bond acceptors (Lipinski definition) is 4. The van der Waals surface area contributed by atoms with E-state index in [2.05, 4.69) is 4.98 Å². The summed E-state index contributed by atoms with van der Waals surface area (Å²) in [6.07, 6.45) is 1.29. The third-order valence-corrected chi connectivity index (χ3v) is 2.72. The molecule has 0 aliphatic rings. The first-order valence-electron chi connectivity index (χ1n) is 5.45. The van der Waals surface area contributed by atoms with Crippen LogP contribution in [-0.2, 0) is 6.42 Å². The van der Waals surface area contributed by atoms with Crippen LogP contribution in [0, 0.1) is 0 Å². The monoisotopic (exact) mass is 233 g/mol. The van der Waals surface area contributed by atoms with Gasteiger partial charge in [-0.15, -0.1) is 0 Å². The SMILES string of the molecule is COc1ccc2ncccc2c1CC(O)CO. The second kappa shape index (κ2) is 5.12. The molecule has 0 saturated carbocycles. The van der Waals surface area contributed by atoms with Crippen LogP contribution in [-0.4, -0.2) is 35.0 Å². The van der Waals surface area contributed by atoms with E-state index in [4.69, 9.17) is 9.84 Å². The predicted octanol–water partition coefficient (Wildman–Crippen LogP) is 1.14. The second-order valence-electron chi connectivity index (χ2n) is 3.86. The third-order valence-electron chi connectivity index (χ3n) is 2.72. The van der Waals surface area contributed by atoms with E-state index >= 15 is 0 Å². The minimum Gasteiger partial charge on any atom is -0.496 e. The van der Waals surface area contributed by atoms with Crippen molar-refractivity contribution in [2.45, 2.75) is 12.5 Å². The molecule has 0 amide bonds. The molecule has 2 N–H and O–H groups in total. The molecular formula is C13H15NO3. The van der Waals surface area contributed by atoms with Crippen LogP contribution in [0.5, 0.6) is 5.75 Å². The third kappa shape index (κ3) is 2.38. The Hall–Kier alpha value is -1.65. The Balaban J connectivity index is 2.54. The Labute approximate surface area is 99.5 Å². The minimum atomic E-state index is -0.783. The van der Waals surface area contributed by atoms with E-state index in [1.54, 1.807) is 13.3 Å². The van der Waals surface area contributed by atoms with E-state index < -0.39 is 6.10 Å². The Kier molecular flexibility index (Phi) is 3.56. The van der Waals surface area contributed by atoms with Gasteiger partial charge in [0.25, 0.3) is 0 Å². The highest BCUT2D eigenvalue weighted by Crippen LogP contribution is 2.27. The van der Waals surface area contributed by atoms with Gasteiger partial charge in [0.15, 0.2) is 0 Å². The van der Waals surface area contributed by atoms with Gasteiger partial charge < -0.3 is 14.9 Å². The van der Waals surface area contributed by atoms with Crippen LogP contribution in [0.25, 0.3) is 10.9 Å². The molecule has 2 rings (SSSR count). The van der Waals surface area contributed by atoms with Gasteiger partial charge in [0.05, 0.1) is 25.3 Å². The van der Waals surface area contributed by atoms with Crippen LogP contribution in [0.2, 0.25) is 0 Å². The minimum absolute atomic E-state index is 0.264. The first kappa shape index (κ1) is 11.8. The molecule has 1 heterocycles. The Morgan fingerprint density at radius 1 is 1.35 bits per heavy atom. The summed E-state index contributed by atoms with van der Waals surface area (Å²) in [4.78, 5) is 4.25. The second-order valence-corrected chi connectivity index (χ2v) is 3.86. The van der Waals surface area contributed by atoms with E-state index in [0.717, 1.165) is 16.5 Å². The molecule has 0 aliphatic carbocycles. The highest BCUT2D eigenvalue weighted by molar-refractivity contribution is 5.84. The number of ether oxygens (including phenoxy) is 1. The van der Waals surface area contributed by atoms with Crippen molar-refractivity contribution >= 4 is 10.9 Å². The molecular weight excluding hydrogens is 218 g/mol. The van der Waals surface area contributed by atoms with Crippen molar-refractivity contribution in [1.29, 1.82) is 0 Å². The van der Waals surface area contributed by atoms with Crippen LogP contribution >= 0.6 is 0 Å². The number of aliphatic hydroxyl groups is 2. The normalized spacial score (nSPS) is 12.6. The average Bonchev–Trinajstić information content (AvgIpc) is 2.39. The highest BCUT2D eigenvalue weighted by Gasteiger charge is 2.12. The van der Waals surface area contributed by atoms with Gasteiger partial charge in [-0.05, 0) is 18.2 Å². The molecule has 1 aromatic carbocycles. The van der Waals surface area contributed by atoms with Crippen molar-refractivity contribution in [3.63, 3.8) is 0 Å². The molecule has 90 valence electrons. The standard InChI is InChI=1S/C13H15NO3/c1-17-13-5-4-12-10(3-2-6-14-12)11(13)7-9(16)8-15/h2-6,9,15-16H,7-8H2,1H3. The highest BCUT2D eigenvalue weighted by atomic mass is 16.5. The first-order valence-corrected chi connectivity index (χ1v) is 5.45. The zero-order valence-electron chi connectivity index (χ0n) is 9.63. The largest absolute Gasteiger partial charge is 0.496 e. The smallest absolute Gasteiger partial charge is 0.122 e. The van der Waals surface area contributed by atoms with Crippen molar-refractivity contribution in [2.75, 3.05) is 13.7 Å². The number of pyridine rings is 1. The molecule has 1 atom stereocenters. The summed E-state index contributed by atoms with van der Waals surface area (Å²) < 4.78 is 5.28. The zero-order valence-corrected chi connectivity index (χ0v) is 9.63. The van der Waals surface area contributed by atoms with Gasteiger partial charge in [0.2, 0.25) is 0 Å². The molecule has 0 saturated heterocycles. The molecule has 0 spiro atoms. The van der Waals surface area contributed by atoms with Gasteiger partial charge >= 0.3 is 0 Å². The van der Waals surface area contributed by atoms with Crippen molar-refractivity contribution in [3.05, 3.63) is 36.0 Å². The van der Waals surface area contributed by atoms with Gasteiger partial charge in [0, 0.05) is 23.6 Å². The van der Waals surface area contributed by atoms with E-state index in [0.29, 0.717) is 12.2 Å². The maximum Gasteiger partial charge on any atom is 0.122 e. The average molecular weight is 233 g/mol. The van der Waals surface area contributed by atoms with E-state index in [9.17, 15) is 5.11 Å². The molecule has 1 aromatic heterocycles. The summed E-state index contributed by atoms with van der Waals surface area (Å²) in [5.41, 5.74) is 1.73. The van der Waals surface area contributed by atoms with Crippen LogP contribution in [0.1, 0.15) is 5.56 Å². The number of aromatic nitrogens is 1. The molecule has 0 bridgehead atoms. The van der Waals surface area contributed by atoms with Gasteiger partial charge in [-0.25, -0.2) is 0 Å². The van der Waals surface area contributed by atoms with Gasteiger partial charge in [-0.1, -0.05) is 6.07 Å². The Morgan fingerprint density at radius 2 is 2.18 bits per heavy atom. The van der Waals surface area contributed by atoms with Crippen LogP contribution < -0.4 is 4.74 Å². The van der Waals surface area contributed by atoms with Crippen LogP contribution in [0.15, 0.2) is 30.5 Å². The summed E-state index contributed by atoms with van der Waals surface area (Å²) in [6.45, 7) is -0.264. The lowest BCUT2D eigenvalue weighted by Gasteiger charge is -2.13. The van der Waals surface area contributed by atoms with Crippen molar-refractivity contribution in [3.8, 4) is 5.75 Å². The Morgan fingerprint density at radius 3 is 2.88 bits per heavy atom. The van der Waals surface area contributed by atoms with Gasteiger partial charge in [0.1, 0.15) is 5.75 Å². The molecule has 17 heavy (non-hydrogen) atoms. The number of hydrogen-bond donors (Lipinski definition) is 2. The molecule has 0 fully saturated rings. The van der Waals surface area contributed by atoms with E-state index in [1.165, 1.54) is 0 Å². The topological polar surface area (TPSA) is 62.6 Å². The fraction of sp³-hybridized carbons (Fsp3) is 0.308. The number of benzene rings is 1. The molecule has 4 heteroatoms. The van der Waals surface area contributed by atoms with Crippen molar-refractivity contribution in [1.82, 2.24) is 4.98 Å². The maximum atomic E-state index is 9.56. The lowest BCUT2D eigenvalue weighted by Crippen LogP contribution is -2.16. The lowest BCUT2D eigenvalue weighted by atomic mass is 10.0. The fourth-order valence-electron chi connectivity index (χ4n) is 1.90. The summed E-state index contributed by atoms with van der Waals surface area (Å²) >= 11 is 0. The summed E-state index contributed by atoms with van der Waals surface area (Å²) in [5.74, 6) is 0.706. The number of nitrogens with zero attached hydrogens (tertiary/aromatic N) is 1. The molecule has 4 nitrogen and oxygen atoms in total. The molecule has 0 radical (unpaired) electrons. The summed E-state index contributed by atoms with van der Waals surface area (Å²) in [6, 6.07) is 7.48. The lowest BCUT2D eigenvalue weighted by molar-refractivity contribution is 0.0952. The van der Waals surface area contributed by atoms with E-state index in [1.807, 2.05) is 24.3 Å². The van der Waals surface area contributed by atoms with Gasteiger partial charge in [-0.3, -0.25) is 4.98 Å². The maximum absolute atomic E-state index is 9.56. The van der Waals surface area contributed by atoms with E-state index in [-0.39, 0.29) is 6.61 Å². The predicted molar refractivity (Wildman–Crippen MR) is 65.1 cm³/mol. The number of fused-ring (bicyclic) bond motifs is 1. The molecule has 1 unspecified atom stereocenters. The van der Waals surface area contributed by atoms with Crippen molar-refractivity contribution in [2.24, 2.45) is 0 Å². The number of methoxy groups -OCH3 is 1.